The normalized spacial score (nSPS) is 13.6. The summed E-state index contributed by atoms with van der Waals surface area (Å²) in [6.45, 7) is 0.654. The van der Waals surface area contributed by atoms with Gasteiger partial charge in [0, 0.05) is 5.22 Å². The molecule has 0 aliphatic carbocycles. The fourth-order valence-corrected chi connectivity index (χ4v) is 1.98. The molecular formula is C14H12N2. The van der Waals surface area contributed by atoms with E-state index < -0.39 is 0 Å². The van der Waals surface area contributed by atoms with E-state index in [1.165, 1.54) is 16.5 Å². The topological polar surface area (TPSA) is 24.4 Å². The fourth-order valence-electron chi connectivity index (χ4n) is 1.98. The van der Waals surface area contributed by atoms with E-state index in [-0.39, 0.29) is 0 Å². The summed E-state index contributed by atoms with van der Waals surface area (Å²) in [4.78, 5) is 4.44. The van der Waals surface area contributed by atoms with Crippen LogP contribution >= 0.6 is 0 Å². The van der Waals surface area contributed by atoms with Crippen molar-refractivity contribution >= 4 is 5.70 Å². The molecule has 0 bridgehead atoms. The third-order valence-corrected chi connectivity index (χ3v) is 2.74. The fraction of sp³-hybridized carbons (Fsp3) is 0.0714. The second-order valence-electron chi connectivity index (χ2n) is 3.75. The molecule has 2 aromatic carbocycles. The van der Waals surface area contributed by atoms with Crippen molar-refractivity contribution in [3.63, 3.8) is 0 Å². The van der Waals surface area contributed by atoms with Gasteiger partial charge < -0.3 is 5.32 Å². The van der Waals surface area contributed by atoms with Crippen LogP contribution in [0.5, 0.6) is 0 Å². The van der Waals surface area contributed by atoms with Crippen molar-refractivity contribution in [3.8, 4) is 0 Å². The van der Waals surface area contributed by atoms with Gasteiger partial charge in [0.2, 0.25) is 0 Å². The number of benzene rings is 2. The molecule has 1 N–H and O–H groups in total. The SMILES string of the molecule is c1ccc(C2=c3ccccc3=NCN2)cc1. The molecule has 0 atom stereocenters. The third kappa shape index (κ3) is 1.48. The van der Waals surface area contributed by atoms with E-state index in [0.29, 0.717) is 6.67 Å². The summed E-state index contributed by atoms with van der Waals surface area (Å²) >= 11 is 0. The Morgan fingerprint density at radius 2 is 1.62 bits per heavy atom. The number of rotatable bonds is 1. The predicted octanol–water partition coefficient (Wildman–Crippen LogP) is 1.02. The smallest absolute Gasteiger partial charge is 0.108 e. The molecule has 0 radical (unpaired) electrons. The van der Waals surface area contributed by atoms with Crippen LogP contribution in [0.1, 0.15) is 5.56 Å². The molecule has 16 heavy (non-hydrogen) atoms. The second-order valence-corrected chi connectivity index (χ2v) is 3.75. The van der Waals surface area contributed by atoms with Crippen LogP contribution in [0.15, 0.2) is 59.6 Å². The lowest BCUT2D eigenvalue weighted by atomic mass is 10.1. The number of hydrogen-bond donors (Lipinski definition) is 1. The predicted molar refractivity (Wildman–Crippen MR) is 64.2 cm³/mol. The number of nitrogens with one attached hydrogen (secondary N) is 1. The maximum absolute atomic E-state index is 4.44. The summed E-state index contributed by atoms with van der Waals surface area (Å²) in [5.74, 6) is 0. The lowest BCUT2D eigenvalue weighted by Gasteiger charge is -2.13. The molecule has 2 aromatic rings. The van der Waals surface area contributed by atoms with Crippen molar-refractivity contribution in [1.29, 1.82) is 0 Å². The van der Waals surface area contributed by atoms with Gasteiger partial charge in [-0.3, -0.25) is 4.99 Å². The van der Waals surface area contributed by atoms with Gasteiger partial charge in [0.15, 0.2) is 0 Å². The first kappa shape index (κ1) is 9.16. The molecule has 2 heteroatoms. The molecule has 0 unspecified atom stereocenters. The highest BCUT2D eigenvalue weighted by Crippen LogP contribution is 2.07. The van der Waals surface area contributed by atoms with Crippen LogP contribution in [0.3, 0.4) is 0 Å². The molecule has 0 amide bonds. The van der Waals surface area contributed by atoms with E-state index in [4.69, 9.17) is 0 Å². The van der Waals surface area contributed by atoms with Gasteiger partial charge in [0.05, 0.1) is 11.1 Å². The van der Waals surface area contributed by atoms with E-state index in [0.717, 1.165) is 5.36 Å². The van der Waals surface area contributed by atoms with E-state index in [1.54, 1.807) is 0 Å². The van der Waals surface area contributed by atoms with Crippen LogP contribution in [-0.2, 0) is 0 Å². The van der Waals surface area contributed by atoms with Crippen LogP contribution in [0.25, 0.3) is 5.70 Å². The number of hydrogen-bond acceptors (Lipinski definition) is 2. The summed E-state index contributed by atoms with van der Waals surface area (Å²) < 4.78 is 0. The zero-order chi connectivity index (χ0) is 10.8. The highest BCUT2D eigenvalue weighted by atomic mass is 15.0. The summed E-state index contributed by atoms with van der Waals surface area (Å²) in [5, 5.41) is 5.59. The van der Waals surface area contributed by atoms with Gasteiger partial charge >= 0.3 is 0 Å². The number of para-hydroxylation sites is 1. The molecular weight excluding hydrogens is 196 g/mol. The third-order valence-electron chi connectivity index (χ3n) is 2.74. The standard InChI is InChI=1S/C14H12N2/c1-2-6-11(7-3-1)14-12-8-4-5-9-13(12)15-10-16-14/h1-9,16H,10H2. The van der Waals surface area contributed by atoms with E-state index in [9.17, 15) is 0 Å². The summed E-state index contributed by atoms with van der Waals surface area (Å²) in [6, 6.07) is 18.6. The van der Waals surface area contributed by atoms with E-state index in [2.05, 4.69) is 46.7 Å². The Hall–Kier alpha value is -2.09. The van der Waals surface area contributed by atoms with Crippen LogP contribution in [0, 0.1) is 0 Å². The zero-order valence-corrected chi connectivity index (χ0v) is 8.85. The summed E-state index contributed by atoms with van der Waals surface area (Å²) in [7, 11) is 0. The molecule has 3 rings (SSSR count). The van der Waals surface area contributed by atoms with Crippen LogP contribution in [0.2, 0.25) is 0 Å². The largest absolute Gasteiger partial charge is 0.365 e. The first-order chi connectivity index (χ1) is 7.95. The minimum absolute atomic E-state index is 0.654. The Bertz CT molecular complexity index is 615. The molecule has 1 aliphatic rings. The molecule has 0 fully saturated rings. The van der Waals surface area contributed by atoms with Crippen molar-refractivity contribution in [2.24, 2.45) is 4.99 Å². The van der Waals surface area contributed by atoms with Crippen molar-refractivity contribution in [2.45, 2.75) is 0 Å². The van der Waals surface area contributed by atoms with Gasteiger partial charge in [-0.15, -0.1) is 0 Å². The molecule has 0 spiro atoms. The molecule has 0 saturated carbocycles. The maximum Gasteiger partial charge on any atom is 0.108 e. The second kappa shape index (κ2) is 3.81. The highest BCUT2D eigenvalue weighted by molar-refractivity contribution is 5.63. The van der Waals surface area contributed by atoms with Crippen LogP contribution in [-0.4, -0.2) is 6.67 Å². The first-order valence-corrected chi connectivity index (χ1v) is 5.38. The first-order valence-electron chi connectivity index (χ1n) is 5.38. The molecule has 0 saturated heterocycles. The van der Waals surface area contributed by atoms with E-state index in [1.807, 2.05) is 18.2 Å². The van der Waals surface area contributed by atoms with Gasteiger partial charge in [-0.1, -0.05) is 48.5 Å². The van der Waals surface area contributed by atoms with Gasteiger partial charge in [0.1, 0.15) is 6.67 Å². The molecule has 2 nitrogen and oxygen atoms in total. The van der Waals surface area contributed by atoms with Gasteiger partial charge in [-0.2, -0.15) is 0 Å². The summed E-state index contributed by atoms with van der Waals surface area (Å²) in [5.41, 5.74) is 2.39. The Balaban J connectivity index is 2.33. The van der Waals surface area contributed by atoms with Crippen molar-refractivity contribution in [1.82, 2.24) is 5.32 Å². The van der Waals surface area contributed by atoms with Crippen molar-refractivity contribution in [2.75, 3.05) is 6.67 Å². The monoisotopic (exact) mass is 208 g/mol. The highest BCUT2D eigenvalue weighted by Gasteiger charge is 2.05. The minimum Gasteiger partial charge on any atom is -0.365 e. The van der Waals surface area contributed by atoms with Gasteiger partial charge in [-0.25, -0.2) is 0 Å². The maximum atomic E-state index is 4.44. The molecule has 1 heterocycles. The molecule has 0 aromatic heterocycles. The minimum atomic E-state index is 0.654. The summed E-state index contributed by atoms with van der Waals surface area (Å²) in [6.07, 6.45) is 0. The Morgan fingerprint density at radius 1 is 0.875 bits per heavy atom. The van der Waals surface area contributed by atoms with E-state index >= 15 is 0 Å². The Kier molecular flexibility index (Phi) is 2.18. The Morgan fingerprint density at radius 3 is 2.50 bits per heavy atom. The lowest BCUT2D eigenvalue weighted by molar-refractivity contribution is 0.843. The van der Waals surface area contributed by atoms with Crippen LogP contribution in [0.4, 0.5) is 0 Å². The number of nitrogens with zero attached hydrogens (tertiary/aromatic N) is 1. The van der Waals surface area contributed by atoms with Crippen LogP contribution < -0.4 is 15.9 Å². The average Bonchev–Trinajstić information content (AvgIpc) is 2.39. The number of fused-ring (bicyclic) bond motifs is 1. The van der Waals surface area contributed by atoms with Crippen molar-refractivity contribution < 1.29 is 0 Å². The van der Waals surface area contributed by atoms with Gasteiger partial charge in [-0.05, 0) is 11.6 Å². The van der Waals surface area contributed by atoms with Crippen molar-refractivity contribution in [3.05, 3.63) is 70.7 Å². The Labute approximate surface area is 94.0 Å². The zero-order valence-electron chi connectivity index (χ0n) is 8.85. The lowest BCUT2D eigenvalue weighted by Crippen LogP contribution is -2.37. The average molecular weight is 208 g/mol. The van der Waals surface area contributed by atoms with Gasteiger partial charge in [0.25, 0.3) is 0 Å². The quantitative estimate of drug-likeness (QED) is 0.743. The molecule has 1 aliphatic heterocycles. The molecule has 78 valence electrons.